The van der Waals surface area contributed by atoms with Crippen molar-refractivity contribution in [1.82, 2.24) is 10.6 Å². The first kappa shape index (κ1) is 22.9. The second-order valence-electron chi connectivity index (χ2n) is 6.62. The van der Waals surface area contributed by atoms with Crippen molar-refractivity contribution in [2.24, 2.45) is 4.99 Å². The van der Waals surface area contributed by atoms with E-state index in [-0.39, 0.29) is 24.0 Å². The van der Waals surface area contributed by atoms with Gasteiger partial charge < -0.3 is 24.8 Å². The van der Waals surface area contributed by atoms with E-state index in [1.54, 1.807) is 7.05 Å². The van der Waals surface area contributed by atoms with E-state index in [9.17, 15) is 0 Å². The van der Waals surface area contributed by atoms with Gasteiger partial charge in [0.25, 0.3) is 0 Å². The van der Waals surface area contributed by atoms with E-state index in [0.29, 0.717) is 12.2 Å². The zero-order chi connectivity index (χ0) is 16.9. The molecule has 1 unspecified atom stereocenters. The van der Waals surface area contributed by atoms with E-state index < -0.39 is 0 Å². The summed E-state index contributed by atoms with van der Waals surface area (Å²) in [5, 5.41) is 6.66. The average molecular weight is 469 g/mol. The van der Waals surface area contributed by atoms with Gasteiger partial charge in [-0.15, -0.1) is 24.0 Å². The molecule has 1 aliphatic carbocycles. The van der Waals surface area contributed by atoms with Crippen LogP contribution in [0.1, 0.15) is 51.4 Å². The van der Waals surface area contributed by atoms with Crippen LogP contribution < -0.4 is 10.6 Å². The molecule has 0 amide bonds. The standard InChI is InChI=1S/C18H35N3O3.HI/c1-19-18(21-11-6-13-24-17-9-14-22-15-17)20-10-5-12-23-16-7-3-2-4-8-16;/h16-17H,2-15H2,1H3,(H2,19,20,21);1H. The minimum absolute atomic E-state index is 0. The molecule has 1 atom stereocenters. The monoisotopic (exact) mass is 469 g/mol. The summed E-state index contributed by atoms with van der Waals surface area (Å²) in [6.07, 6.45) is 10.3. The highest BCUT2D eigenvalue weighted by molar-refractivity contribution is 14.0. The first-order valence-electron chi connectivity index (χ1n) is 9.64. The fraction of sp³-hybridized carbons (Fsp3) is 0.944. The van der Waals surface area contributed by atoms with Crippen LogP contribution in [0, 0.1) is 0 Å². The number of rotatable bonds is 10. The zero-order valence-corrected chi connectivity index (χ0v) is 18.0. The van der Waals surface area contributed by atoms with Crippen LogP contribution in [-0.4, -0.2) is 64.7 Å². The van der Waals surface area contributed by atoms with Crippen LogP contribution in [0.5, 0.6) is 0 Å². The molecule has 0 bridgehead atoms. The highest BCUT2D eigenvalue weighted by Crippen LogP contribution is 2.20. The lowest BCUT2D eigenvalue weighted by molar-refractivity contribution is 0.0277. The molecule has 148 valence electrons. The quantitative estimate of drug-likeness (QED) is 0.223. The second-order valence-corrected chi connectivity index (χ2v) is 6.62. The van der Waals surface area contributed by atoms with Gasteiger partial charge in [0.1, 0.15) is 0 Å². The van der Waals surface area contributed by atoms with Crippen LogP contribution in [0.15, 0.2) is 4.99 Å². The normalized spacial score (nSPS) is 21.8. The highest BCUT2D eigenvalue weighted by Gasteiger charge is 2.15. The van der Waals surface area contributed by atoms with Gasteiger partial charge in [0.15, 0.2) is 5.96 Å². The number of hydrogen-bond donors (Lipinski definition) is 2. The van der Waals surface area contributed by atoms with Crippen molar-refractivity contribution in [3.05, 3.63) is 0 Å². The summed E-state index contributed by atoms with van der Waals surface area (Å²) < 4.78 is 17.0. The summed E-state index contributed by atoms with van der Waals surface area (Å²) in [5.74, 6) is 0.858. The first-order valence-corrected chi connectivity index (χ1v) is 9.64. The number of nitrogens with zero attached hydrogens (tertiary/aromatic N) is 1. The van der Waals surface area contributed by atoms with Crippen LogP contribution in [0.4, 0.5) is 0 Å². The molecule has 0 radical (unpaired) electrons. The molecule has 2 fully saturated rings. The van der Waals surface area contributed by atoms with Gasteiger partial charge in [-0.05, 0) is 32.1 Å². The third-order valence-corrected chi connectivity index (χ3v) is 4.60. The van der Waals surface area contributed by atoms with E-state index in [4.69, 9.17) is 14.2 Å². The van der Waals surface area contributed by atoms with Crippen molar-refractivity contribution in [1.29, 1.82) is 0 Å². The summed E-state index contributed by atoms with van der Waals surface area (Å²) in [6.45, 7) is 4.96. The Hall–Kier alpha value is -0.120. The Labute approximate surface area is 169 Å². The molecule has 1 heterocycles. The molecule has 0 aromatic rings. The van der Waals surface area contributed by atoms with Crippen molar-refractivity contribution in [2.45, 2.75) is 63.6 Å². The Balaban J connectivity index is 0.00000312. The summed E-state index contributed by atoms with van der Waals surface area (Å²) in [6, 6.07) is 0. The number of guanidine groups is 1. The minimum atomic E-state index is 0. The van der Waals surface area contributed by atoms with E-state index >= 15 is 0 Å². The van der Waals surface area contributed by atoms with E-state index in [2.05, 4.69) is 15.6 Å². The number of aliphatic imine (C=N–C) groups is 1. The molecule has 25 heavy (non-hydrogen) atoms. The largest absolute Gasteiger partial charge is 0.379 e. The molecule has 1 saturated heterocycles. The zero-order valence-electron chi connectivity index (χ0n) is 15.6. The fourth-order valence-corrected chi connectivity index (χ4v) is 3.15. The average Bonchev–Trinajstić information content (AvgIpc) is 3.14. The summed E-state index contributed by atoms with van der Waals surface area (Å²) >= 11 is 0. The number of hydrogen-bond acceptors (Lipinski definition) is 4. The number of ether oxygens (including phenoxy) is 3. The maximum absolute atomic E-state index is 5.93. The van der Waals surface area contributed by atoms with E-state index in [1.807, 2.05) is 0 Å². The Morgan fingerprint density at radius 3 is 2.16 bits per heavy atom. The van der Waals surface area contributed by atoms with Crippen molar-refractivity contribution in [3.63, 3.8) is 0 Å². The Morgan fingerprint density at radius 1 is 0.960 bits per heavy atom. The topological polar surface area (TPSA) is 64.1 Å². The van der Waals surface area contributed by atoms with Crippen LogP contribution in [-0.2, 0) is 14.2 Å². The molecule has 6 nitrogen and oxygen atoms in total. The number of nitrogens with one attached hydrogen (secondary N) is 2. The molecule has 2 rings (SSSR count). The van der Waals surface area contributed by atoms with Crippen LogP contribution in [0.25, 0.3) is 0 Å². The summed E-state index contributed by atoms with van der Waals surface area (Å²) in [5.41, 5.74) is 0. The predicted molar refractivity (Wildman–Crippen MR) is 112 cm³/mol. The maximum atomic E-state index is 5.93. The third-order valence-electron chi connectivity index (χ3n) is 4.60. The molecular formula is C18H36IN3O3. The van der Waals surface area contributed by atoms with Crippen molar-refractivity contribution in [3.8, 4) is 0 Å². The van der Waals surface area contributed by atoms with E-state index in [0.717, 1.165) is 64.7 Å². The molecule has 0 aromatic carbocycles. The van der Waals surface area contributed by atoms with Crippen LogP contribution in [0.3, 0.4) is 0 Å². The second kappa shape index (κ2) is 15.0. The van der Waals surface area contributed by atoms with Crippen molar-refractivity contribution < 1.29 is 14.2 Å². The van der Waals surface area contributed by atoms with Gasteiger partial charge >= 0.3 is 0 Å². The summed E-state index contributed by atoms with van der Waals surface area (Å²) in [4.78, 5) is 4.24. The Kier molecular flexibility index (Phi) is 13.7. The van der Waals surface area contributed by atoms with Crippen LogP contribution >= 0.6 is 24.0 Å². The highest BCUT2D eigenvalue weighted by atomic mass is 127. The van der Waals surface area contributed by atoms with Gasteiger partial charge in [-0.25, -0.2) is 0 Å². The molecule has 7 heteroatoms. The third kappa shape index (κ3) is 10.6. The lowest BCUT2D eigenvalue weighted by Crippen LogP contribution is -2.39. The SMILES string of the molecule is CN=C(NCCCOC1CCCCC1)NCCCOC1CCOC1.I. The lowest BCUT2D eigenvalue weighted by atomic mass is 9.98. The van der Waals surface area contributed by atoms with Gasteiger partial charge in [-0.3, -0.25) is 4.99 Å². The smallest absolute Gasteiger partial charge is 0.190 e. The van der Waals surface area contributed by atoms with E-state index in [1.165, 1.54) is 32.1 Å². The van der Waals surface area contributed by atoms with Crippen molar-refractivity contribution >= 4 is 29.9 Å². The molecule has 0 aromatic heterocycles. The van der Waals surface area contributed by atoms with Crippen molar-refractivity contribution in [2.75, 3.05) is 46.6 Å². The fourth-order valence-electron chi connectivity index (χ4n) is 3.15. The van der Waals surface area contributed by atoms with Gasteiger partial charge in [0.05, 0.1) is 18.8 Å². The van der Waals surface area contributed by atoms with Gasteiger partial charge in [0, 0.05) is 40.0 Å². The molecular weight excluding hydrogens is 433 g/mol. The van der Waals surface area contributed by atoms with Gasteiger partial charge in [-0.2, -0.15) is 0 Å². The minimum Gasteiger partial charge on any atom is -0.379 e. The molecule has 2 N–H and O–H groups in total. The number of halogens is 1. The predicted octanol–water partition coefficient (Wildman–Crippen LogP) is 2.70. The maximum Gasteiger partial charge on any atom is 0.190 e. The Morgan fingerprint density at radius 2 is 1.60 bits per heavy atom. The van der Waals surface area contributed by atoms with Crippen LogP contribution in [0.2, 0.25) is 0 Å². The first-order chi connectivity index (χ1) is 11.9. The van der Waals surface area contributed by atoms with Gasteiger partial charge in [0.2, 0.25) is 0 Å². The molecule has 1 aliphatic heterocycles. The molecule has 1 saturated carbocycles. The summed E-state index contributed by atoms with van der Waals surface area (Å²) in [7, 11) is 1.81. The lowest BCUT2D eigenvalue weighted by Gasteiger charge is -2.22. The molecule has 2 aliphatic rings. The van der Waals surface area contributed by atoms with Gasteiger partial charge in [-0.1, -0.05) is 19.3 Å². The Bertz CT molecular complexity index is 346. The molecule has 0 spiro atoms.